The average Bonchev–Trinajstić information content (AvgIpc) is 2.64. The van der Waals surface area contributed by atoms with Crippen molar-refractivity contribution in [2.24, 2.45) is 7.05 Å². The molecule has 1 saturated heterocycles. The summed E-state index contributed by atoms with van der Waals surface area (Å²) in [7, 11) is 1.48. The molecule has 8 heteroatoms. The first-order valence-electron chi connectivity index (χ1n) is 5.46. The van der Waals surface area contributed by atoms with E-state index in [1.165, 1.54) is 23.9 Å². The molecule has 0 unspecified atom stereocenters. The summed E-state index contributed by atoms with van der Waals surface area (Å²) >= 11 is 0. The molecule has 2 rings (SSSR count). The van der Waals surface area contributed by atoms with Gasteiger partial charge in [0.1, 0.15) is 24.5 Å². The summed E-state index contributed by atoms with van der Waals surface area (Å²) in [6, 6.07) is 1.48. The number of aliphatic hydroxyl groups excluding tert-OH is 3. The van der Waals surface area contributed by atoms with E-state index in [1.54, 1.807) is 0 Å². The number of nitrogens with zero attached hydrogens (tertiary/aromatic N) is 2. The Labute approximate surface area is 102 Å². The van der Waals surface area contributed by atoms with Gasteiger partial charge in [0.25, 0.3) is 0 Å². The van der Waals surface area contributed by atoms with Crippen LogP contribution in [0.3, 0.4) is 0 Å². The summed E-state index contributed by atoms with van der Waals surface area (Å²) in [5.41, 5.74) is 5.08. The lowest BCUT2D eigenvalue weighted by molar-refractivity contribution is -0.781. The molecule has 4 atom stereocenters. The molecule has 5 N–H and O–H groups in total. The van der Waals surface area contributed by atoms with Gasteiger partial charge in [0, 0.05) is 6.07 Å². The second-order valence-electron chi connectivity index (χ2n) is 4.22. The maximum atomic E-state index is 11.9. The first-order valence-corrected chi connectivity index (χ1v) is 5.46. The molecule has 1 fully saturated rings. The van der Waals surface area contributed by atoms with Gasteiger partial charge >= 0.3 is 5.69 Å². The second-order valence-corrected chi connectivity index (χ2v) is 4.22. The number of rotatable bonds is 2. The molecule has 0 aromatic carbocycles. The monoisotopic (exact) mass is 258 g/mol. The molecular formula is C10H16N3O5+. The van der Waals surface area contributed by atoms with Gasteiger partial charge in [-0.05, 0) is 0 Å². The van der Waals surface area contributed by atoms with E-state index in [1.807, 2.05) is 0 Å². The Bertz CT molecular complexity index is 503. The van der Waals surface area contributed by atoms with Crippen molar-refractivity contribution in [1.82, 2.24) is 4.57 Å². The van der Waals surface area contributed by atoms with E-state index in [0.717, 1.165) is 4.57 Å². The Hall–Kier alpha value is -1.48. The predicted octanol–water partition coefficient (Wildman–Crippen LogP) is -3.13. The van der Waals surface area contributed by atoms with E-state index in [4.69, 9.17) is 15.6 Å². The van der Waals surface area contributed by atoms with Crippen LogP contribution in [-0.2, 0) is 11.8 Å². The van der Waals surface area contributed by atoms with Crippen molar-refractivity contribution >= 4 is 5.82 Å². The van der Waals surface area contributed by atoms with Crippen molar-refractivity contribution in [3.63, 3.8) is 0 Å². The van der Waals surface area contributed by atoms with Crippen molar-refractivity contribution in [3.05, 3.63) is 22.7 Å². The third kappa shape index (κ3) is 1.89. The number of anilines is 1. The lowest BCUT2D eigenvalue weighted by atomic mass is 10.1. The van der Waals surface area contributed by atoms with E-state index in [0.29, 0.717) is 0 Å². The number of hydrogen-bond donors (Lipinski definition) is 4. The first kappa shape index (κ1) is 13.0. The van der Waals surface area contributed by atoms with Crippen LogP contribution in [0.4, 0.5) is 5.82 Å². The minimum absolute atomic E-state index is 0.267. The summed E-state index contributed by atoms with van der Waals surface area (Å²) in [6.07, 6.45) is -3.12. The third-order valence-corrected chi connectivity index (χ3v) is 3.09. The molecule has 0 bridgehead atoms. The number of nitrogens with two attached hydrogens (primary N) is 1. The molecule has 8 nitrogen and oxygen atoms in total. The normalized spacial score (nSPS) is 31.8. The van der Waals surface area contributed by atoms with Crippen LogP contribution in [0.5, 0.6) is 0 Å². The smallest absolute Gasteiger partial charge is 0.394 e. The minimum atomic E-state index is -1.29. The van der Waals surface area contributed by atoms with Gasteiger partial charge < -0.3 is 25.8 Å². The molecule has 1 aliphatic heterocycles. The van der Waals surface area contributed by atoms with Crippen molar-refractivity contribution in [1.29, 1.82) is 0 Å². The lowest BCUT2D eigenvalue weighted by Crippen LogP contribution is -2.59. The zero-order chi connectivity index (χ0) is 13.4. The van der Waals surface area contributed by atoms with Crippen molar-refractivity contribution in [3.8, 4) is 0 Å². The highest BCUT2D eigenvalue weighted by molar-refractivity contribution is 5.24. The third-order valence-electron chi connectivity index (χ3n) is 3.09. The van der Waals surface area contributed by atoms with Crippen LogP contribution in [0, 0.1) is 0 Å². The summed E-state index contributed by atoms with van der Waals surface area (Å²) < 4.78 is 7.57. The Balaban J connectivity index is 2.39. The Morgan fingerprint density at radius 1 is 1.50 bits per heavy atom. The van der Waals surface area contributed by atoms with Gasteiger partial charge in [-0.1, -0.05) is 0 Å². The SMILES string of the molecule is Cn1c(N)cc[n+]([C@@H]2O[C@H](CO)[C@@H](O)[C@H]2O)c1=O. The quantitative estimate of drug-likeness (QED) is 0.416. The fourth-order valence-corrected chi connectivity index (χ4v) is 1.92. The van der Waals surface area contributed by atoms with E-state index in [9.17, 15) is 15.0 Å². The number of aromatic nitrogens is 2. The maximum Gasteiger partial charge on any atom is 0.501 e. The Morgan fingerprint density at radius 3 is 2.72 bits per heavy atom. The predicted molar refractivity (Wildman–Crippen MR) is 59.3 cm³/mol. The van der Waals surface area contributed by atoms with Gasteiger partial charge in [-0.15, -0.1) is 0 Å². The molecule has 1 aromatic rings. The molecule has 0 amide bonds. The van der Waals surface area contributed by atoms with E-state index in [-0.39, 0.29) is 5.82 Å². The first-order chi connectivity index (χ1) is 8.47. The van der Waals surface area contributed by atoms with E-state index >= 15 is 0 Å². The summed E-state index contributed by atoms with van der Waals surface area (Å²) in [5.74, 6) is 0.267. The molecular weight excluding hydrogens is 242 g/mol. The van der Waals surface area contributed by atoms with Crippen LogP contribution in [0.15, 0.2) is 17.1 Å². The fourth-order valence-electron chi connectivity index (χ4n) is 1.92. The highest BCUT2D eigenvalue weighted by Crippen LogP contribution is 2.24. The number of hydrogen-bond acceptors (Lipinski definition) is 6. The Kier molecular flexibility index (Phi) is 3.35. The van der Waals surface area contributed by atoms with Crippen LogP contribution in [0.25, 0.3) is 0 Å². The van der Waals surface area contributed by atoms with Crippen LogP contribution in [0.2, 0.25) is 0 Å². The fraction of sp³-hybridized carbons (Fsp3) is 0.600. The zero-order valence-electron chi connectivity index (χ0n) is 9.80. The van der Waals surface area contributed by atoms with E-state index in [2.05, 4.69) is 0 Å². The summed E-state index contributed by atoms with van der Waals surface area (Å²) in [4.78, 5) is 11.9. The largest absolute Gasteiger partial charge is 0.501 e. The maximum absolute atomic E-state index is 11.9. The van der Waals surface area contributed by atoms with Crippen molar-refractivity contribution in [2.45, 2.75) is 24.5 Å². The van der Waals surface area contributed by atoms with Crippen LogP contribution in [0.1, 0.15) is 6.23 Å². The molecule has 0 aliphatic carbocycles. The summed E-state index contributed by atoms with van der Waals surface area (Å²) in [6.45, 7) is -0.440. The number of ether oxygens (including phenoxy) is 1. The molecule has 0 spiro atoms. The average molecular weight is 258 g/mol. The highest BCUT2D eigenvalue weighted by atomic mass is 16.6. The number of aliphatic hydroxyl groups is 3. The topological polar surface area (TPSA) is 122 Å². The second kappa shape index (κ2) is 4.65. The Morgan fingerprint density at radius 2 is 2.17 bits per heavy atom. The molecule has 2 heterocycles. The van der Waals surface area contributed by atoms with Gasteiger partial charge in [0.05, 0.1) is 13.7 Å². The highest BCUT2D eigenvalue weighted by Gasteiger charge is 2.46. The van der Waals surface area contributed by atoms with Crippen molar-refractivity contribution in [2.75, 3.05) is 12.3 Å². The van der Waals surface area contributed by atoms with Crippen LogP contribution >= 0.6 is 0 Å². The van der Waals surface area contributed by atoms with Gasteiger partial charge in [-0.25, -0.2) is 0 Å². The van der Waals surface area contributed by atoms with Gasteiger partial charge in [0.15, 0.2) is 5.82 Å². The van der Waals surface area contributed by atoms with Gasteiger partial charge in [-0.2, -0.15) is 13.9 Å². The van der Waals surface area contributed by atoms with E-state index < -0.39 is 36.8 Å². The molecule has 0 radical (unpaired) electrons. The van der Waals surface area contributed by atoms with Gasteiger partial charge in [-0.3, -0.25) is 0 Å². The van der Waals surface area contributed by atoms with Crippen molar-refractivity contribution < 1.29 is 24.6 Å². The van der Waals surface area contributed by atoms with Crippen LogP contribution < -0.4 is 16.0 Å². The molecule has 1 aliphatic rings. The zero-order valence-corrected chi connectivity index (χ0v) is 9.80. The van der Waals surface area contributed by atoms with Crippen LogP contribution in [-0.4, -0.2) is 44.8 Å². The number of nitrogen functional groups attached to an aromatic ring is 1. The summed E-state index contributed by atoms with van der Waals surface area (Å²) in [5, 5.41) is 28.4. The van der Waals surface area contributed by atoms with Gasteiger partial charge in [0.2, 0.25) is 6.23 Å². The minimum Gasteiger partial charge on any atom is -0.394 e. The standard InChI is InChI=1S/C10H15N3O5/c1-12-6(11)2-3-13(10(12)17)9-8(16)7(15)5(4-14)18-9/h2-3,5,7-9,11,14-16H,4H2,1H3/p+1/t5-,7-,8-,9-/m1/s1. The molecule has 18 heavy (non-hydrogen) atoms. The lowest BCUT2D eigenvalue weighted by Gasteiger charge is -2.12. The molecule has 100 valence electrons. The molecule has 1 aromatic heterocycles. The molecule has 0 saturated carbocycles.